The molecule has 0 saturated carbocycles. The second-order valence-electron chi connectivity index (χ2n) is 11.0. The number of hydrogen-bond acceptors (Lipinski definition) is 7. The van der Waals surface area contributed by atoms with E-state index in [4.69, 9.17) is 9.47 Å². The average molecular weight is 530 g/mol. The van der Waals surface area contributed by atoms with Gasteiger partial charge in [-0.15, -0.1) is 0 Å². The Labute approximate surface area is 225 Å². The van der Waals surface area contributed by atoms with Gasteiger partial charge in [0.15, 0.2) is 0 Å². The third-order valence-corrected chi connectivity index (χ3v) is 8.92. The summed E-state index contributed by atoms with van der Waals surface area (Å²) in [6.07, 6.45) is 2.52. The molecule has 3 heterocycles. The zero-order valence-corrected chi connectivity index (χ0v) is 23.4. The summed E-state index contributed by atoms with van der Waals surface area (Å²) in [5.74, 6) is -2.51. The molecule has 1 aromatic carbocycles. The summed E-state index contributed by atoms with van der Waals surface area (Å²) in [6.45, 7) is 12.3. The van der Waals surface area contributed by atoms with Crippen LogP contribution in [0.5, 0.6) is 0 Å². The molecule has 2 bridgehead atoms. The molecule has 6 atom stereocenters. The van der Waals surface area contributed by atoms with Crippen molar-refractivity contribution in [1.82, 2.24) is 4.90 Å². The maximum Gasteiger partial charge on any atom is 0.312 e. The number of hydrogen-bond donors (Lipinski definition) is 2. The summed E-state index contributed by atoms with van der Waals surface area (Å²) >= 11 is 0. The first-order valence-corrected chi connectivity index (χ1v) is 14.1. The summed E-state index contributed by atoms with van der Waals surface area (Å²) in [5.41, 5.74) is -0.248. The normalized spacial score (nSPS) is 31.4. The first-order chi connectivity index (χ1) is 18.2. The van der Waals surface area contributed by atoms with Gasteiger partial charge in [0.1, 0.15) is 17.6 Å². The Morgan fingerprint density at radius 2 is 1.84 bits per heavy atom. The fourth-order valence-electron chi connectivity index (χ4n) is 7.00. The van der Waals surface area contributed by atoms with Gasteiger partial charge in [-0.05, 0) is 83.6 Å². The minimum absolute atomic E-state index is 0.0288. The van der Waals surface area contributed by atoms with Crippen molar-refractivity contribution in [1.29, 1.82) is 0 Å². The number of aliphatic hydroxyl groups is 1. The molecule has 4 rings (SSSR count). The number of amides is 2. The lowest BCUT2D eigenvalue weighted by Crippen LogP contribution is -2.54. The fourth-order valence-corrected chi connectivity index (χ4v) is 7.00. The van der Waals surface area contributed by atoms with Crippen molar-refractivity contribution in [2.75, 3.05) is 43.1 Å². The van der Waals surface area contributed by atoms with Gasteiger partial charge in [-0.3, -0.25) is 14.4 Å². The molecule has 0 radical (unpaired) electrons. The zero-order chi connectivity index (χ0) is 27.7. The van der Waals surface area contributed by atoms with Crippen LogP contribution in [0.3, 0.4) is 0 Å². The van der Waals surface area contributed by atoms with E-state index in [0.717, 1.165) is 25.2 Å². The summed E-state index contributed by atoms with van der Waals surface area (Å²) in [6, 6.07) is 6.85. The summed E-state index contributed by atoms with van der Waals surface area (Å²) in [5, 5.41) is 12.2. The van der Waals surface area contributed by atoms with Crippen LogP contribution in [-0.4, -0.2) is 77.9 Å². The number of carbonyl (C=O) groups excluding carboxylic acids is 3. The molecule has 3 aliphatic rings. The van der Waals surface area contributed by atoms with Crippen LogP contribution in [0.15, 0.2) is 24.3 Å². The van der Waals surface area contributed by atoms with Crippen molar-refractivity contribution >= 4 is 29.2 Å². The fraction of sp³-hybridized carbons (Fsp3) is 0.690. The van der Waals surface area contributed by atoms with Crippen LogP contribution < -0.4 is 10.2 Å². The molecule has 3 aliphatic heterocycles. The zero-order valence-electron chi connectivity index (χ0n) is 23.4. The number of nitrogens with one attached hydrogen (secondary N) is 1. The molecule has 2 N–H and O–H groups in total. The van der Waals surface area contributed by atoms with E-state index >= 15 is 0 Å². The standard InChI is InChI=1S/C29H43N3O6/c1-6-31(7-2)21-14-12-20(13-15-21)30-25(34)24-29-18-19(4)28(5,38-29)23(27(36)37-8-3)22(29)26(35)32(24)16-10-9-11-17-33/h12-15,19,22-24,33H,6-11,16-18H2,1-5H3,(H,30,34)/t19?,22-,23-,24?,28+,29?/m0/s1. The molecule has 0 aliphatic carbocycles. The van der Waals surface area contributed by atoms with Gasteiger partial charge in [0, 0.05) is 37.6 Å². The van der Waals surface area contributed by atoms with Crippen molar-refractivity contribution in [3.05, 3.63) is 24.3 Å². The van der Waals surface area contributed by atoms with E-state index in [1.54, 1.807) is 11.8 Å². The van der Waals surface area contributed by atoms with Crippen molar-refractivity contribution in [2.24, 2.45) is 17.8 Å². The first-order valence-electron chi connectivity index (χ1n) is 14.1. The van der Waals surface area contributed by atoms with E-state index in [1.807, 2.05) is 38.1 Å². The molecule has 1 spiro atoms. The lowest BCUT2D eigenvalue weighted by Gasteiger charge is -2.35. The molecule has 2 amide bonds. The molecule has 38 heavy (non-hydrogen) atoms. The Kier molecular flexibility index (Phi) is 8.37. The number of unbranched alkanes of at least 4 members (excludes halogenated alkanes) is 2. The molecule has 3 saturated heterocycles. The molecule has 9 nitrogen and oxygen atoms in total. The second kappa shape index (κ2) is 11.2. The SMILES string of the molecule is CCOC(=O)[C@@H]1[C@H]2C(=O)N(CCCCCO)C(C(=O)Nc3ccc(N(CC)CC)cc3)C23CC(C)[C@@]1(C)O3. The Morgan fingerprint density at radius 1 is 1.16 bits per heavy atom. The third kappa shape index (κ3) is 4.57. The van der Waals surface area contributed by atoms with Gasteiger partial charge >= 0.3 is 5.97 Å². The molecule has 3 unspecified atom stereocenters. The number of benzene rings is 1. The molecular weight excluding hydrogens is 486 g/mol. The van der Waals surface area contributed by atoms with Gasteiger partial charge in [-0.2, -0.15) is 0 Å². The van der Waals surface area contributed by atoms with Crippen LogP contribution in [0, 0.1) is 17.8 Å². The predicted molar refractivity (Wildman–Crippen MR) is 145 cm³/mol. The quantitative estimate of drug-likeness (QED) is 0.316. The van der Waals surface area contributed by atoms with E-state index in [0.29, 0.717) is 31.5 Å². The topological polar surface area (TPSA) is 108 Å². The van der Waals surface area contributed by atoms with Gasteiger partial charge in [0.25, 0.3) is 0 Å². The van der Waals surface area contributed by atoms with Crippen LogP contribution in [0.25, 0.3) is 0 Å². The number of likely N-dealkylation sites (tertiary alicyclic amines) is 1. The molecule has 3 fully saturated rings. The molecule has 0 aromatic heterocycles. The summed E-state index contributed by atoms with van der Waals surface area (Å²) in [4.78, 5) is 45.0. The Morgan fingerprint density at radius 3 is 2.45 bits per heavy atom. The van der Waals surface area contributed by atoms with Gasteiger partial charge < -0.3 is 29.7 Å². The van der Waals surface area contributed by atoms with Crippen LogP contribution in [-0.2, 0) is 23.9 Å². The highest BCUT2D eigenvalue weighted by molar-refractivity contribution is 6.03. The smallest absolute Gasteiger partial charge is 0.312 e. The summed E-state index contributed by atoms with van der Waals surface area (Å²) in [7, 11) is 0. The number of fused-ring (bicyclic) bond motifs is 1. The Bertz CT molecular complexity index is 1030. The van der Waals surface area contributed by atoms with Crippen molar-refractivity contribution in [3.8, 4) is 0 Å². The summed E-state index contributed by atoms with van der Waals surface area (Å²) < 4.78 is 12.1. The van der Waals surface area contributed by atoms with Gasteiger partial charge in [-0.1, -0.05) is 6.92 Å². The average Bonchev–Trinajstić information content (AvgIpc) is 3.40. The maximum absolute atomic E-state index is 14.0. The Hall–Kier alpha value is -2.65. The highest BCUT2D eigenvalue weighted by Gasteiger charge is 2.80. The predicted octanol–water partition coefficient (Wildman–Crippen LogP) is 3.21. The number of esters is 1. The minimum Gasteiger partial charge on any atom is -0.466 e. The van der Waals surface area contributed by atoms with Crippen molar-refractivity contribution in [2.45, 2.75) is 77.5 Å². The van der Waals surface area contributed by atoms with Crippen molar-refractivity contribution in [3.63, 3.8) is 0 Å². The minimum atomic E-state index is -1.09. The lowest BCUT2D eigenvalue weighted by atomic mass is 9.62. The largest absolute Gasteiger partial charge is 0.466 e. The van der Waals surface area contributed by atoms with Gasteiger partial charge in [0.2, 0.25) is 11.8 Å². The van der Waals surface area contributed by atoms with Crippen LogP contribution in [0.1, 0.15) is 60.3 Å². The molecule has 210 valence electrons. The van der Waals surface area contributed by atoms with E-state index in [1.165, 1.54) is 0 Å². The van der Waals surface area contributed by atoms with Crippen molar-refractivity contribution < 1.29 is 29.0 Å². The third-order valence-electron chi connectivity index (χ3n) is 8.92. The molecule has 9 heteroatoms. The number of carbonyl (C=O) groups is 3. The number of nitrogens with zero attached hydrogens (tertiary/aromatic N) is 2. The second-order valence-corrected chi connectivity index (χ2v) is 11.0. The number of aliphatic hydroxyl groups excluding tert-OH is 1. The molecular formula is C29H43N3O6. The molecule has 1 aromatic rings. The van der Waals surface area contributed by atoms with Crippen LogP contribution >= 0.6 is 0 Å². The maximum atomic E-state index is 14.0. The monoisotopic (exact) mass is 529 g/mol. The number of anilines is 2. The first kappa shape index (κ1) is 28.4. The van der Waals surface area contributed by atoms with Gasteiger partial charge in [-0.25, -0.2) is 0 Å². The van der Waals surface area contributed by atoms with E-state index < -0.39 is 35.0 Å². The van der Waals surface area contributed by atoms with Crippen LogP contribution in [0.4, 0.5) is 11.4 Å². The lowest BCUT2D eigenvalue weighted by molar-refractivity contribution is -0.160. The number of ether oxygens (including phenoxy) is 2. The Balaban J connectivity index is 1.66. The van der Waals surface area contributed by atoms with E-state index in [-0.39, 0.29) is 30.9 Å². The van der Waals surface area contributed by atoms with E-state index in [9.17, 15) is 19.5 Å². The van der Waals surface area contributed by atoms with E-state index in [2.05, 4.69) is 24.1 Å². The van der Waals surface area contributed by atoms with Gasteiger partial charge in [0.05, 0.1) is 18.1 Å². The highest BCUT2D eigenvalue weighted by atomic mass is 16.6. The highest BCUT2D eigenvalue weighted by Crippen LogP contribution is 2.65. The van der Waals surface area contributed by atoms with Crippen LogP contribution in [0.2, 0.25) is 0 Å². The number of rotatable bonds is 12.